The Hall–Kier alpha value is -1.35. The van der Waals surface area contributed by atoms with Gasteiger partial charge in [0, 0.05) is 6.54 Å². The standard InChI is InChI=1S/C17H25NO2/c1-12(2)15(19)11-18-16(20)17(8-5-9-17)14-7-4-6-13(3)10-14/h4,6-7,10,12,15,19H,5,8-9,11H2,1-3H3,(H,18,20). The van der Waals surface area contributed by atoms with Crippen molar-refractivity contribution in [2.24, 2.45) is 5.92 Å². The van der Waals surface area contributed by atoms with Crippen LogP contribution in [0.3, 0.4) is 0 Å². The van der Waals surface area contributed by atoms with Crippen molar-refractivity contribution >= 4 is 5.91 Å². The lowest BCUT2D eigenvalue weighted by molar-refractivity contribution is -0.130. The van der Waals surface area contributed by atoms with E-state index in [1.165, 1.54) is 5.56 Å². The highest BCUT2D eigenvalue weighted by atomic mass is 16.3. The zero-order valence-corrected chi connectivity index (χ0v) is 12.6. The van der Waals surface area contributed by atoms with Gasteiger partial charge >= 0.3 is 0 Å². The third-order valence-electron chi connectivity index (χ3n) is 4.45. The Morgan fingerprint density at radius 1 is 1.40 bits per heavy atom. The Kier molecular flexibility index (Phi) is 4.48. The molecular formula is C17H25NO2. The second-order valence-corrected chi connectivity index (χ2v) is 6.33. The van der Waals surface area contributed by atoms with E-state index in [4.69, 9.17) is 0 Å². The van der Waals surface area contributed by atoms with Crippen molar-refractivity contribution in [3.63, 3.8) is 0 Å². The molecule has 0 radical (unpaired) electrons. The summed E-state index contributed by atoms with van der Waals surface area (Å²) in [5, 5.41) is 12.8. The van der Waals surface area contributed by atoms with Gasteiger partial charge in [-0.25, -0.2) is 0 Å². The molecule has 1 saturated carbocycles. The summed E-state index contributed by atoms with van der Waals surface area (Å²) in [6, 6.07) is 8.22. The zero-order valence-electron chi connectivity index (χ0n) is 12.6. The van der Waals surface area contributed by atoms with E-state index in [-0.39, 0.29) is 17.2 Å². The fraction of sp³-hybridized carbons (Fsp3) is 0.588. The number of rotatable bonds is 5. The van der Waals surface area contributed by atoms with Crippen LogP contribution < -0.4 is 5.32 Å². The minimum absolute atomic E-state index is 0.0639. The van der Waals surface area contributed by atoms with Crippen LogP contribution in [0, 0.1) is 12.8 Å². The van der Waals surface area contributed by atoms with Gasteiger partial charge in [-0.1, -0.05) is 50.1 Å². The van der Waals surface area contributed by atoms with Crippen LogP contribution in [-0.4, -0.2) is 23.7 Å². The molecule has 3 nitrogen and oxygen atoms in total. The van der Waals surface area contributed by atoms with Crippen LogP contribution in [-0.2, 0) is 10.2 Å². The summed E-state index contributed by atoms with van der Waals surface area (Å²) in [4.78, 5) is 12.6. The van der Waals surface area contributed by atoms with E-state index in [9.17, 15) is 9.90 Å². The molecular weight excluding hydrogens is 250 g/mol. The summed E-state index contributed by atoms with van der Waals surface area (Å²) in [5.41, 5.74) is 1.92. The Labute approximate surface area is 121 Å². The molecule has 0 bridgehead atoms. The molecule has 0 heterocycles. The van der Waals surface area contributed by atoms with Gasteiger partial charge in [0.25, 0.3) is 0 Å². The third-order valence-corrected chi connectivity index (χ3v) is 4.45. The van der Waals surface area contributed by atoms with E-state index in [1.54, 1.807) is 0 Å². The second-order valence-electron chi connectivity index (χ2n) is 6.33. The molecule has 0 aliphatic heterocycles. The van der Waals surface area contributed by atoms with Crippen LogP contribution in [0.1, 0.15) is 44.2 Å². The van der Waals surface area contributed by atoms with Gasteiger partial charge < -0.3 is 10.4 Å². The van der Waals surface area contributed by atoms with Crippen molar-refractivity contribution < 1.29 is 9.90 Å². The number of hydrogen-bond acceptors (Lipinski definition) is 2. The third kappa shape index (κ3) is 2.88. The predicted molar refractivity (Wildman–Crippen MR) is 80.6 cm³/mol. The molecule has 2 rings (SSSR count). The van der Waals surface area contributed by atoms with E-state index < -0.39 is 6.10 Å². The van der Waals surface area contributed by atoms with Crippen molar-refractivity contribution in [1.29, 1.82) is 0 Å². The SMILES string of the molecule is Cc1cccc(C2(C(=O)NCC(O)C(C)C)CCC2)c1. The summed E-state index contributed by atoms with van der Waals surface area (Å²) in [7, 11) is 0. The summed E-state index contributed by atoms with van der Waals surface area (Å²) in [6.45, 7) is 6.30. The molecule has 1 aromatic rings. The second kappa shape index (κ2) is 5.96. The molecule has 3 heteroatoms. The number of amides is 1. The van der Waals surface area contributed by atoms with Crippen molar-refractivity contribution in [2.45, 2.75) is 51.6 Å². The number of carbonyl (C=O) groups is 1. The highest BCUT2D eigenvalue weighted by Crippen LogP contribution is 2.44. The number of aryl methyl sites for hydroxylation is 1. The van der Waals surface area contributed by atoms with Gasteiger partial charge in [-0.05, 0) is 31.2 Å². The molecule has 1 fully saturated rings. The van der Waals surface area contributed by atoms with E-state index in [1.807, 2.05) is 26.0 Å². The molecule has 1 aromatic carbocycles. The first-order valence-electron chi connectivity index (χ1n) is 7.49. The van der Waals surface area contributed by atoms with Crippen molar-refractivity contribution in [1.82, 2.24) is 5.32 Å². The fourth-order valence-corrected chi connectivity index (χ4v) is 2.72. The van der Waals surface area contributed by atoms with Gasteiger partial charge in [-0.3, -0.25) is 4.79 Å². The lowest BCUT2D eigenvalue weighted by atomic mass is 9.63. The van der Waals surface area contributed by atoms with Crippen molar-refractivity contribution in [2.75, 3.05) is 6.54 Å². The van der Waals surface area contributed by atoms with Crippen LogP contribution in [0.5, 0.6) is 0 Å². The average Bonchev–Trinajstić information content (AvgIpc) is 2.34. The summed E-state index contributed by atoms with van der Waals surface area (Å²) in [5.74, 6) is 0.223. The molecule has 110 valence electrons. The van der Waals surface area contributed by atoms with Gasteiger partial charge in [0.05, 0.1) is 11.5 Å². The molecule has 20 heavy (non-hydrogen) atoms. The molecule has 0 spiro atoms. The maximum atomic E-state index is 12.6. The molecule has 1 unspecified atom stereocenters. The molecule has 1 amide bonds. The van der Waals surface area contributed by atoms with E-state index in [0.29, 0.717) is 6.54 Å². The van der Waals surface area contributed by atoms with E-state index in [0.717, 1.165) is 24.8 Å². The topological polar surface area (TPSA) is 49.3 Å². The Balaban J connectivity index is 2.09. The van der Waals surface area contributed by atoms with Crippen LogP contribution in [0.4, 0.5) is 0 Å². The van der Waals surface area contributed by atoms with Crippen molar-refractivity contribution in [3.05, 3.63) is 35.4 Å². The summed E-state index contributed by atoms with van der Waals surface area (Å²) >= 11 is 0. The minimum atomic E-state index is -0.478. The highest BCUT2D eigenvalue weighted by molar-refractivity contribution is 5.89. The number of nitrogens with one attached hydrogen (secondary N) is 1. The van der Waals surface area contributed by atoms with Gasteiger partial charge in [-0.2, -0.15) is 0 Å². The number of aliphatic hydroxyl groups excluding tert-OH is 1. The molecule has 1 aliphatic carbocycles. The largest absolute Gasteiger partial charge is 0.391 e. The lowest BCUT2D eigenvalue weighted by Gasteiger charge is -2.41. The summed E-state index contributed by atoms with van der Waals surface area (Å²) < 4.78 is 0. The monoisotopic (exact) mass is 275 g/mol. The lowest BCUT2D eigenvalue weighted by Crippen LogP contribution is -2.51. The molecule has 0 aromatic heterocycles. The Morgan fingerprint density at radius 3 is 2.60 bits per heavy atom. The minimum Gasteiger partial charge on any atom is -0.391 e. The zero-order chi connectivity index (χ0) is 14.8. The summed E-state index contributed by atoms with van der Waals surface area (Å²) in [6.07, 6.45) is 2.42. The van der Waals surface area contributed by atoms with Gasteiger partial charge in [0.15, 0.2) is 0 Å². The van der Waals surface area contributed by atoms with Crippen LogP contribution >= 0.6 is 0 Å². The smallest absolute Gasteiger partial charge is 0.230 e. The number of benzene rings is 1. The van der Waals surface area contributed by atoms with Crippen LogP contribution in [0.25, 0.3) is 0 Å². The predicted octanol–water partition coefficient (Wildman–Crippen LogP) is 2.55. The highest BCUT2D eigenvalue weighted by Gasteiger charge is 2.45. The maximum Gasteiger partial charge on any atom is 0.230 e. The normalized spacial score (nSPS) is 18.4. The average molecular weight is 275 g/mol. The van der Waals surface area contributed by atoms with E-state index >= 15 is 0 Å². The fourth-order valence-electron chi connectivity index (χ4n) is 2.72. The molecule has 2 N–H and O–H groups in total. The first-order chi connectivity index (χ1) is 9.45. The quantitative estimate of drug-likeness (QED) is 0.867. The van der Waals surface area contributed by atoms with Gasteiger partial charge in [0.2, 0.25) is 5.91 Å². The molecule has 1 atom stereocenters. The number of carbonyl (C=O) groups excluding carboxylic acids is 1. The molecule has 1 aliphatic rings. The first kappa shape index (κ1) is 15.0. The Bertz CT molecular complexity index is 478. The van der Waals surface area contributed by atoms with Crippen molar-refractivity contribution in [3.8, 4) is 0 Å². The molecule has 0 saturated heterocycles. The Morgan fingerprint density at radius 2 is 2.10 bits per heavy atom. The number of hydrogen-bond donors (Lipinski definition) is 2. The van der Waals surface area contributed by atoms with Crippen LogP contribution in [0.15, 0.2) is 24.3 Å². The maximum absolute atomic E-state index is 12.6. The number of aliphatic hydroxyl groups is 1. The first-order valence-corrected chi connectivity index (χ1v) is 7.49. The van der Waals surface area contributed by atoms with Gasteiger partial charge in [0.1, 0.15) is 0 Å². The van der Waals surface area contributed by atoms with Gasteiger partial charge in [-0.15, -0.1) is 0 Å². The van der Waals surface area contributed by atoms with Crippen LogP contribution in [0.2, 0.25) is 0 Å². The van der Waals surface area contributed by atoms with E-state index in [2.05, 4.69) is 24.4 Å².